The second-order valence-electron chi connectivity index (χ2n) is 7.11. The van der Waals surface area contributed by atoms with Crippen molar-refractivity contribution in [3.63, 3.8) is 0 Å². The fourth-order valence-corrected chi connectivity index (χ4v) is 4.61. The Labute approximate surface area is 121 Å². The highest BCUT2D eigenvalue weighted by Crippen LogP contribution is 2.46. The van der Waals surface area contributed by atoms with E-state index in [2.05, 4.69) is 11.8 Å². The van der Waals surface area contributed by atoms with Crippen LogP contribution in [0.25, 0.3) is 0 Å². The van der Waals surface area contributed by atoms with Gasteiger partial charge in [0.1, 0.15) is 11.6 Å². The number of hydrogen-bond acceptors (Lipinski definition) is 3. The lowest BCUT2D eigenvalue weighted by molar-refractivity contribution is 0.340. The van der Waals surface area contributed by atoms with Crippen LogP contribution in [0.2, 0.25) is 0 Å². The standard InChI is InChI=1S/C17H25N3/c1-13-18-15-7-3-2-6-14(15)16(19-13)20-11-10-17(12-20)8-4-5-9-17/h2-12H2,1H3. The second-order valence-corrected chi connectivity index (χ2v) is 7.11. The maximum Gasteiger partial charge on any atom is 0.135 e. The normalized spacial score (nSPS) is 24.4. The lowest BCUT2D eigenvalue weighted by Gasteiger charge is -2.27. The molecule has 2 heterocycles. The lowest BCUT2D eigenvalue weighted by atomic mass is 9.86. The second kappa shape index (κ2) is 4.71. The van der Waals surface area contributed by atoms with Crippen LogP contribution in [0.5, 0.6) is 0 Å². The van der Waals surface area contributed by atoms with E-state index in [1.165, 1.54) is 81.5 Å². The van der Waals surface area contributed by atoms with Crippen LogP contribution in [0.1, 0.15) is 62.0 Å². The van der Waals surface area contributed by atoms with Gasteiger partial charge in [-0.1, -0.05) is 12.8 Å². The van der Waals surface area contributed by atoms with Gasteiger partial charge in [-0.25, -0.2) is 9.97 Å². The Balaban J connectivity index is 1.67. The van der Waals surface area contributed by atoms with E-state index in [-0.39, 0.29) is 0 Å². The number of aromatic nitrogens is 2. The molecule has 1 aliphatic heterocycles. The fraction of sp³-hybridized carbons (Fsp3) is 0.765. The third-order valence-electron chi connectivity index (χ3n) is 5.68. The number of anilines is 1. The van der Waals surface area contributed by atoms with Crippen molar-refractivity contribution in [2.75, 3.05) is 18.0 Å². The molecule has 108 valence electrons. The van der Waals surface area contributed by atoms with E-state index in [4.69, 9.17) is 9.97 Å². The average Bonchev–Trinajstić information content (AvgIpc) is 3.09. The molecule has 2 fully saturated rings. The first kappa shape index (κ1) is 12.6. The summed E-state index contributed by atoms with van der Waals surface area (Å²) in [5, 5.41) is 0. The number of fused-ring (bicyclic) bond motifs is 1. The number of nitrogens with zero attached hydrogens (tertiary/aromatic N) is 3. The third kappa shape index (κ3) is 2.02. The molecule has 0 amide bonds. The molecule has 0 aromatic carbocycles. The SMILES string of the molecule is Cc1nc2c(c(N3CCC4(CCCC4)C3)n1)CCCC2. The summed E-state index contributed by atoms with van der Waals surface area (Å²) in [4.78, 5) is 12.1. The monoisotopic (exact) mass is 271 g/mol. The molecule has 0 radical (unpaired) electrons. The third-order valence-corrected chi connectivity index (χ3v) is 5.68. The van der Waals surface area contributed by atoms with Gasteiger partial charge in [-0.15, -0.1) is 0 Å². The molecule has 0 N–H and O–H groups in total. The van der Waals surface area contributed by atoms with E-state index >= 15 is 0 Å². The Morgan fingerprint density at radius 3 is 2.60 bits per heavy atom. The van der Waals surface area contributed by atoms with Crippen LogP contribution in [0.4, 0.5) is 5.82 Å². The predicted molar refractivity (Wildman–Crippen MR) is 81.1 cm³/mol. The van der Waals surface area contributed by atoms with Crippen molar-refractivity contribution in [3.8, 4) is 0 Å². The maximum atomic E-state index is 4.84. The minimum Gasteiger partial charge on any atom is -0.356 e. The topological polar surface area (TPSA) is 29.0 Å². The van der Waals surface area contributed by atoms with Gasteiger partial charge in [0.25, 0.3) is 0 Å². The number of aryl methyl sites for hydroxylation is 2. The zero-order valence-electron chi connectivity index (χ0n) is 12.6. The molecular formula is C17H25N3. The minimum atomic E-state index is 0.625. The zero-order valence-corrected chi connectivity index (χ0v) is 12.6. The van der Waals surface area contributed by atoms with Crippen molar-refractivity contribution in [2.24, 2.45) is 5.41 Å². The Morgan fingerprint density at radius 1 is 0.950 bits per heavy atom. The molecule has 0 unspecified atom stereocenters. The molecule has 3 nitrogen and oxygen atoms in total. The predicted octanol–water partition coefficient (Wildman–Crippen LogP) is 3.43. The van der Waals surface area contributed by atoms with Gasteiger partial charge in [0, 0.05) is 24.3 Å². The van der Waals surface area contributed by atoms with Crippen molar-refractivity contribution in [2.45, 2.75) is 64.7 Å². The van der Waals surface area contributed by atoms with E-state index in [1.54, 1.807) is 0 Å². The number of rotatable bonds is 1. The summed E-state index contributed by atoms with van der Waals surface area (Å²) >= 11 is 0. The van der Waals surface area contributed by atoms with Gasteiger partial charge in [-0.2, -0.15) is 0 Å². The highest BCUT2D eigenvalue weighted by Gasteiger charge is 2.41. The molecule has 1 spiro atoms. The summed E-state index contributed by atoms with van der Waals surface area (Å²) in [6.07, 6.45) is 12.1. The molecule has 4 rings (SSSR count). The Morgan fingerprint density at radius 2 is 1.75 bits per heavy atom. The largest absolute Gasteiger partial charge is 0.356 e. The molecule has 20 heavy (non-hydrogen) atoms. The molecule has 1 aromatic heterocycles. The summed E-state index contributed by atoms with van der Waals surface area (Å²) in [6, 6.07) is 0. The van der Waals surface area contributed by atoms with Crippen molar-refractivity contribution in [1.29, 1.82) is 0 Å². The summed E-state index contributed by atoms with van der Waals surface area (Å²) in [5.41, 5.74) is 3.43. The van der Waals surface area contributed by atoms with Gasteiger partial charge < -0.3 is 4.90 Å². The van der Waals surface area contributed by atoms with Crippen LogP contribution in [0, 0.1) is 12.3 Å². The molecule has 1 aromatic rings. The van der Waals surface area contributed by atoms with Crippen molar-refractivity contribution in [3.05, 3.63) is 17.1 Å². The summed E-state index contributed by atoms with van der Waals surface area (Å²) in [6.45, 7) is 4.51. The van der Waals surface area contributed by atoms with Crippen molar-refractivity contribution >= 4 is 5.82 Å². The molecular weight excluding hydrogens is 246 g/mol. The van der Waals surface area contributed by atoms with Gasteiger partial charge in [-0.3, -0.25) is 0 Å². The van der Waals surface area contributed by atoms with Gasteiger partial charge in [0.05, 0.1) is 0 Å². The molecule has 3 aliphatic rings. The molecule has 1 saturated carbocycles. The minimum absolute atomic E-state index is 0.625. The quantitative estimate of drug-likeness (QED) is 0.783. The molecule has 0 atom stereocenters. The molecule has 0 bridgehead atoms. The Kier molecular flexibility index (Phi) is 2.97. The van der Waals surface area contributed by atoms with Crippen LogP contribution in [0.15, 0.2) is 0 Å². The maximum absolute atomic E-state index is 4.84. The van der Waals surface area contributed by atoms with Gasteiger partial charge in [0.2, 0.25) is 0 Å². The zero-order chi connectivity index (χ0) is 13.6. The van der Waals surface area contributed by atoms with Crippen LogP contribution in [0.3, 0.4) is 0 Å². The van der Waals surface area contributed by atoms with Crippen LogP contribution in [-0.4, -0.2) is 23.1 Å². The Bertz CT molecular complexity index is 517. The number of hydrogen-bond donors (Lipinski definition) is 0. The summed E-state index contributed by atoms with van der Waals surface area (Å²) in [7, 11) is 0. The summed E-state index contributed by atoms with van der Waals surface area (Å²) < 4.78 is 0. The van der Waals surface area contributed by atoms with Crippen LogP contribution < -0.4 is 4.90 Å². The van der Waals surface area contributed by atoms with Crippen molar-refractivity contribution in [1.82, 2.24) is 9.97 Å². The molecule has 3 heteroatoms. The Hall–Kier alpha value is -1.12. The van der Waals surface area contributed by atoms with E-state index in [1.807, 2.05) is 0 Å². The van der Waals surface area contributed by atoms with Gasteiger partial charge in [0.15, 0.2) is 0 Å². The van der Waals surface area contributed by atoms with Gasteiger partial charge in [-0.05, 0) is 57.3 Å². The summed E-state index contributed by atoms with van der Waals surface area (Å²) in [5.74, 6) is 2.25. The smallest absolute Gasteiger partial charge is 0.135 e. The van der Waals surface area contributed by atoms with E-state index in [0.29, 0.717) is 5.41 Å². The van der Waals surface area contributed by atoms with Crippen LogP contribution in [-0.2, 0) is 12.8 Å². The lowest BCUT2D eigenvalue weighted by Crippen LogP contribution is -2.28. The van der Waals surface area contributed by atoms with Crippen LogP contribution >= 0.6 is 0 Å². The highest BCUT2D eigenvalue weighted by molar-refractivity contribution is 5.51. The first-order chi connectivity index (χ1) is 9.76. The van der Waals surface area contributed by atoms with E-state index < -0.39 is 0 Å². The van der Waals surface area contributed by atoms with Crippen molar-refractivity contribution < 1.29 is 0 Å². The van der Waals surface area contributed by atoms with Gasteiger partial charge >= 0.3 is 0 Å². The van der Waals surface area contributed by atoms with E-state index in [0.717, 1.165) is 12.2 Å². The fourth-order valence-electron chi connectivity index (χ4n) is 4.61. The first-order valence-electron chi connectivity index (χ1n) is 8.37. The molecule has 1 saturated heterocycles. The highest BCUT2D eigenvalue weighted by atomic mass is 15.2. The average molecular weight is 271 g/mol. The first-order valence-corrected chi connectivity index (χ1v) is 8.37. The molecule has 2 aliphatic carbocycles. The van der Waals surface area contributed by atoms with E-state index in [9.17, 15) is 0 Å².